The van der Waals surface area contributed by atoms with Crippen molar-refractivity contribution in [1.82, 2.24) is 4.90 Å². The highest BCUT2D eigenvalue weighted by Gasteiger charge is 2.23. The van der Waals surface area contributed by atoms with Crippen molar-refractivity contribution in [2.24, 2.45) is 0 Å². The topological polar surface area (TPSA) is 65.4 Å². The zero-order valence-electron chi connectivity index (χ0n) is 12.9. The van der Waals surface area contributed by atoms with Gasteiger partial charge < -0.3 is 10.1 Å². The van der Waals surface area contributed by atoms with Gasteiger partial charge in [-0.3, -0.25) is 9.69 Å². The van der Waals surface area contributed by atoms with E-state index in [1.54, 1.807) is 11.3 Å². The minimum Gasteiger partial charge on any atom is -0.376 e. The normalized spacial score (nSPS) is 21.4. The summed E-state index contributed by atoms with van der Waals surface area (Å²) >= 11 is 1.58. The molecule has 1 aliphatic heterocycles. The molecule has 6 heteroatoms. The molecule has 0 saturated carbocycles. The summed E-state index contributed by atoms with van der Waals surface area (Å²) in [6.07, 6.45) is 3.83. The molecule has 1 N–H and O–H groups in total. The van der Waals surface area contributed by atoms with Gasteiger partial charge in [-0.1, -0.05) is 0 Å². The smallest absolute Gasteiger partial charge is 0.226 e. The average molecular weight is 319 g/mol. The monoisotopic (exact) mass is 319 g/mol. The van der Waals surface area contributed by atoms with E-state index >= 15 is 0 Å². The molecule has 1 aromatic heterocycles. The summed E-state index contributed by atoms with van der Waals surface area (Å²) in [7, 11) is 0. The summed E-state index contributed by atoms with van der Waals surface area (Å²) in [4.78, 5) is 15.7. The van der Waals surface area contributed by atoms with Gasteiger partial charge in [-0.05, 0) is 31.7 Å². The first kappa shape index (κ1) is 15.5. The van der Waals surface area contributed by atoms with E-state index in [9.17, 15) is 10.1 Å². The summed E-state index contributed by atoms with van der Waals surface area (Å²) in [6.45, 7) is 5.29. The van der Waals surface area contributed by atoms with Gasteiger partial charge in [0.2, 0.25) is 5.91 Å². The first-order valence-electron chi connectivity index (χ1n) is 7.86. The van der Waals surface area contributed by atoms with Gasteiger partial charge in [0, 0.05) is 30.9 Å². The summed E-state index contributed by atoms with van der Waals surface area (Å²) in [5.74, 6) is -0.00410. The molecule has 0 unspecified atom stereocenters. The van der Waals surface area contributed by atoms with E-state index in [0.717, 1.165) is 56.1 Å². The number of aryl methyl sites for hydroxylation is 1. The van der Waals surface area contributed by atoms with Crippen molar-refractivity contribution in [3.63, 3.8) is 0 Å². The van der Waals surface area contributed by atoms with Crippen molar-refractivity contribution in [2.75, 3.05) is 31.6 Å². The SMILES string of the molecule is C[C@H]1CN(CCC(=O)Nc2sc3c(c2C#N)CCC3)CCO1. The van der Waals surface area contributed by atoms with Crippen LogP contribution in [0.3, 0.4) is 0 Å². The lowest BCUT2D eigenvalue weighted by Crippen LogP contribution is -2.42. The quantitative estimate of drug-likeness (QED) is 0.923. The van der Waals surface area contributed by atoms with Gasteiger partial charge in [-0.2, -0.15) is 5.26 Å². The van der Waals surface area contributed by atoms with E-state index in [0.29, 0.717) is 12.0 Å². The van der Waals surface area contributed by atoms with Crippen LogP contribution in [0.25, 0.3) is 0 Å². The molecule has 5 nitrogen and oxygen atoms in total. The number of amides is 1. The zero-order valence-corrected chi connectivity index (χ0v) is 13.7. The third-order valence-corrected chi connectivity index (χ3v) is 5.47. The van der Waals surface area contributed by atoms with Crippen molar-refractivity contribution >= 4 is 22.2 Å². The number of fused-ring (bicyclic) bond motifs is 1. The van der Waals surface area contributed by atoms with Crippen LogP contribution in [0.2, 0.25) is 0 Å². The van der Waals surface area contributed by atoms with Crippen LogP contribution < -0.4 is 5.32 Å². The number of hydrogen-bond donors (Lipinski definition) is 1. The summed E-state index contributed by atoms with van der Waals surface area (Å²) < 4.78 is 5.50. The maximum absolute atomic E-state index is 12.2. The fourth-order valence-corrected chi connectivity index (χ4v) is 4.41. The Morgan fingerprint density at radius 3 is 3.18 bits per heavy atom. The maximum atomic E-state index is 12.2. The van der Waals surface area contributed by atoms with E-state index in [-0.39, 0.29) is 12.0 Å². The molecule has 1 atom stereocenters. The van der Waals surface area contributed by atoms with Crippen LogP contribution in [0.4, 0.5) is 5.00 Å². The minimum absolute atomic E-state index is 0.00410. The highest BCUT2D eigenvalue weighted by molar-refractivity contribution is 7.16. The van der Waals surface area contributed by atoms with Crippen LogP contribution in [0.15, 0.2) is 0 Å². The number of carbonyl (C=O) groups excluding carboxylic acids is 1. The molecule has 1 saturated heterocycles. The molecule has 1 fully saturated rings. The van der Waals surface area contributed by atoms with Gasteiger partial charge in [-0.25, -0.2) is 0 Å². The van der Waals surface area contributed by atoms with Crippen LogP contribution in [0.5, 0.6) is 0 Å². The predicted octanol–water partition coefficient (Wildman–Crippen LogP) is 2.16. The van der Waals surface area contributed by atoms with Gasteiger partial charge in [0.1, 0.15) is 11.1 Å². The molecule has 0 bridgehead atoms. The fourth-order valence-electron chi connectivity index (χ4n) is 3.15. The first-order valence-corrected chi connectivity index (χ1v) is 8.67. The highest BCUT2D eigenvalue weighted by Crippen LogP contribution is 2.38. The number of ether oxygens (including phenoxy) is 1. The maximum Gasteiger partial charge on any atom is 0.226 e. The van der Waals surface area contributed by atoms with Crippen molar-refractivity contribution < 1.29 is 9.53 Å². The van der Waals surface area contributed by atoms with Crippen molar-refractivity contribution in [2.45, 2.75) is 38.7 Å². The molecule has 0 radical (unpaired) electrons. The highest BCUT2D eigenvalue weighted by atomic mass is 32.1. The number of nitrogens with one attached hydrogen (secondary N) is 1. The minimum atomic E-state index is -0.00410. The van der Waals surface area contributed by atoms with Crippen LogP contribution in [-0.4, -0.2) is 43.2 Å². The Labute approximate surface area is 134 Å². The van der Waals surface area contributed by atoms with E-state index < -0.39 is 0 Å². The van der Waals surface area contributed by atoms with E-state index in [4.69, 9.17) is 4.74 Å². The first-order chi connectivity index (χ1) is 10.7. The molecule has 1 aromatic rings. The van der Waals surface area contributed by atoms with Gasteiger partial charge in [-0.15, -0.1) is 11.3 Å². The lowest BCUT2D eigenvalue weighted by molar-refractivity contribution is -0.117. The second-order valence-electron chi connectivity index (χ2n) is 5.95. The number of morpholine rings is 1. The molecule has 2 aliphatic rings. The number of nitriles is 1. The van der Waals surface area contributed by atoms with Crippen molar-refractivity contribution in [1.29, 1.82) is 5.26 Å². The largest absolute Gasteiger partial charge is 0.376 e. The number of thiophene rings is 1. The standard InChI is InChI=1S/C16H21N3O2S/c1-11-10-19(7-8-21-11)6-5-15(20)18-16-13(9-17)12-3-2-4-14(12)22-16/h11H,2-8,10H2,1H3,(H,18,20)/t11-/m0/s1. The number of carbonyl (C=O) groups is 1. The molecular weight excluding hydrogens is 298 g/mol. The molecule has 0 spiro atoms. The average Bonchev–Trinajstić information content (AvgIpc) is 3.05. The Bertz CT molecular complexity index is 605. The summed E-state index contributed by atoms with van der Waals surface area (Å²) in [5.41, 5.74) is 1.84. The van der Waals surface area contributed by atoms with Gasteiger partial charge in [0.05, 0.1) is 18.3 Å². The lowest BCUT2D eigenvalue weighted by atomic mass is 10.1. The van der Waals surface area contributed by atoms with Crippen molar-refractivity contribution in [3.05, 3.63) is 16.0 Å². The summed E-state index contributed by atoms with van der Waals surface area (Å²) in [5, 5.41) is 13.0. The summed E-state index contributed by atoms with van der Waals surface area (Å²) in [6, 6.07) is 2.26. The second-order valence-corrected chi connectivity index (χ2v) is 7.06. The third-order valence-electron chi connectivity index (χ3n) is 4.27. The Kier molecular flexibility index (Phi) is 4.77. The van der Waals surface area contributed by atoms with Crippen LogP contribution >= 0.6 is 11.3 Å². The van der Waals surface area contributed by atoms with E-state index in [1.165, 1.54) is 4.88 Å². The molecule has 22 heavy (non-hydrogen) atoms. The molecular formula is C16H21N3O2S. The number of hydrogen-bond acceptors (Lipinski definition) is 5. The Hall–Kier alpha value is -1.42. The molecule has 2 heterocycles. The third kappa shape index (κ3) is 3.32. The Balaban J connectivity index is 1.55. The second kappa shape index (κ2) is 6.78. The van der Waals surface area contributed by atoms with Gasteiger partial charge in [0.15, 0.2) is 0 Å². The number of rotatable bonds is 4. The fraction of sp³-hybridized carbons (Fsp3) is 0.625. The molecule has 118 valence electrons. The molecule has 0 aromatic carbocycles. The zero-order chi connectivity index (χ0) is 15.5. The van der Waals surface area contributed by atoms with Gasteiger partial charge in [0.25, 0.3) is 0 Å². The lowest BCUT2D eigenvalue weighted by Gasteiger charge is -2.30. The molecule has 1 aliphatic carbocycles. The Morgan fingerprint density at radius 2 is 2.41 bits per heavy atom. The van der Waals surface area contributed by atoms with Crippen LogP contribution in [0.1, 0.15) is 35.8 Å². The predicted molar refractivity (Wildman–Crippen MR) is 86.2 cm³/mol. The molecule has 1 amide bonds. The van der Waals surface area contributed by atoms with E-state index in [2.05, 4.69) is 23.2 Å². The van der Waals surface area contributed by atoms with Gasteiger partial charge >= 0.3 is 0 Å². The number of anilines is 1. The number of nitrogens with zero attached hydrogens (tertiary/aromatic N) is 2. The van der Waals surface area contributed by atoms with E-state index in [1.807, 2.05) is 0 Å². The van der Waals surface area contributed by atoms with Crippen LogP contribution in [-0.2, 0) is 22.4 Å². The molecule has 3 rings (SSSR count). The van der Waals surface area contributed by atoms with Crippen molar-refractivity contribution in [3.8, 4) is 6.07 Å². The van der Waals surface area contributed by atoms with Crippen LogP contribution in [0, 0.1) is 11.3 Å². The Morgan fingerprint density at radius 1 is 1.55 bits per heavy atom.